The van der Waals surface area contributed by atoms with Crippen LogP contribution < -0.4 is 0 Å². The van der Waals surface area contributed by atoms with Crippen LogP contribution >= 0.6 is 0 Å². The van der Waals surface area contributed by atoms with Gasteiger partial charge in [-0.25, -0.2) is 23.2 Å². The van der Waals surface area contributed by atoms with E-state index in [1.807, 2.05) is 0 Å². The molecule has 0 N–H and O–H groups in total. The monoisotopic (exact) mass is 499 g/mol. The highest BCUT2D eigenvalue weighted by Gasteiger charge is 2.25. The molecule has 1 aromatic carbocycles. The van der Waals surface area contributed by atoms with Gasteiger partial charge in [-0.15, -0.1) is 0 Å². The number of fused-ring (bicyclic) bond motifs is 2. The van der Waals surface area contributed by atoms with Crippen molar-refractivity contribution < 1.29 is 27.5 Å². The largest absolute Gasteiger partial charge is 0.465 e. The van der Waals surface area contributed by atoms with Gasteiger partial charge in [0, 0.05) is 24.9 Å². The van der Waals surface area contributed by atoms with Crippen LogP contribution in [0.2, 0.25) is 0 Å². The first-order chi connectivity index (χ1) is 16.3. The van der Waals surface area contributed by atoms with Gasteiger partial charge in [-0.2, -0.15) is 5.10 Å². The summed E-state index contributed by atoms with van der Waals surface area (Å²) in [4.78, 5) is 33.9. The molecular formula is C23H25N5O6S. The molecule has 4 aromatic rings. The van der Waals surface area contributed by atoms with Gasteiger partial charge in [-0.05, 0) is 39.0 Å². The third kappa shape index (κ3) is 4.48. The summed E-state index contributed by atoms with van der Waals surface area (Å²) < 4.78 is 37.6. The summed E-state index contributed by atoms with van der Waals surface area (Å²) in [6.45, 7) is 5.05. The summed E-state index contributed by atoms with van der Waals surface area (Å²) in [6, 6.07) is 4.73. The number of benzene rings is 1. The molecule has 0 atom stereocenters. The second kappa shape index (κ2) is 8.45. The van der Waals surface area contributed by atoms with Gasteiger partial charge in [-0.1, -0.05) is 0 Å². The first-order valence-corrected chi connectivity index (χ1v) is 12.5. The van der Waals surface area contributed by atoms with Gasteiger partial charge in [0.25, 0.3) is 0 Å². The highest BCUT2D eigenvalue weighted by atomic mass is 32.2. The molecule has 0 radical (unpaired) electrons. The van der Waals surface area contributed by atoms with E-state index in [1.54, 1.807) is 38.6 Å². The lowest BCUT2D eigenvalue weighted by molar-refractivity contribution is -0.156. The second-order valence-corrected chi connectivity index (χ2v) is 11.2. The van der Waals surface area contributed by atoms with Gasteiger partial charge in [0.15, 0.2) is 22.2 Å². The van der Waals surface area contributed by atoms with Crippen LogP contribution in [-0.2, 0) is 37.9 Å². The van der Waals surface area contributed by atoms with Crippen molar-refractivity contribution in [2.24, 2.45) is 12.5 Å². The van der Waals surface area contributed by atoms with Gasteiger partial charge >= 0.3 is 11.9 Å². The molecule has 0 aliphatic rings. The number of nitrogens with zero attached hydrogens (tertiary/aromatic N) is 5. The normalized spacial score (nSPS) is 12.3. The van der Waals surface area contributed by atoms with Gasteiger partial charge in [0.1, 0.15) is 22.5 Å². The molecule has 0 fully saturated rings. The maximum Gasteiger partial charge on any atom is 0.341 e. The fourth-order valence-corrected chi connectivity index (χ4v) is 4.18. The Bertz CT molecular complexity index is 1590. The third-order valence-electron chi connectivity index (χ3n) is 5.41. The molecule has 4 rings (SSSR count). The van der Waals surface area contributed by atoms with E-state index in [9.17, 15) is 18.0 Å². The fourth-order valence-electron chi connectivity index (χ4n) is 3.53. The Morgan fingerprint density at radius 1 is 1.17 bits per heavy atom. The van der Waals surface area contributed by atoms with Crippen LogP contribution in [0.5, 0.6) is 0 Å². The molecule has 0 saturated carbocycles. The minimum Gasteiger partial charge on any atom is -0.465 e. The van der Waals surface area contributed by atoms with Crippen LogP contribution in [0.4, 0.5) is 0 Å². The van der Waals surface area contributed by atoms with Crippen molar-refractivity contribution in [2.45, 2.75) is 32.4 Å². The zero-order chi connectivity index (χ0) is 25.7. The molecule has 0 amide bonds. The highest BCUT2D eigenvalue weighted by Crippen LogP contribution is 2.30. The highest BCUT2D eigenvalue weighted by molar-refractivity contribution is 7.90. The molecule has 35 heavy (non-hydrogen) atoms. The van der Waals surface area contributed by atoms with Gasteiger partial charge in [0.2, 0.25) is 0 Å². The van der Waals surface area contributed by atoms with Crippen molar-refractivity contribution >= 4 is 43.8 Å². The maximum atomic E-state index is 12.5. The Labute approximate surface area is 201 Å². The lowest BCUT2D eigenvalue weighted by Crippen LogP contribution is -2.24. The number of sulfone groups is 1. The van der Waals surface area contributed by atoms with Crippen LogP contribution in [-0.4, -0.2) is 58.0 Å². The van der Waals surface area contributed by atoms with Crippen molar-refractivity contribution in [2.75, 3.05) is 13.4 Å². The lowest BCUT2D eigenvalue weighted by atomic mass is 9.98. The molecule has 0 aliphatic heterocycles. The summed E-state index contributed by atoms with van der Waals surface area (Å²) in [7, 11) is -0.454. The van der Waals surface area contributed by atoms with Gasteiger partial charge < -0.3 is 9.47 Å². The number of hydrogen-bond acceptors (Lipinski definition) is 9. The Kier molecular flexibility index (Phi) is 5.87. The number of rotatable bonds is 5. The average molecular weight is 500 g/mol. The number of aryl methyl sites for hydroxylation is 1. The van der Waals surface area contributed by atoms with Crippen molar-refractivity contribution in [1.82, 2.24) is 24.3 Å². The van der Waals surface area contributed by atoms with E-state index in [0.29, 0.717) is 27.9 Å². The fraction of sp³-hybridized carbons (Fsp3) is 0.348. The molecule has 0 saturated heterocycles. The molecule has 0 bridgehead atoms. The van der Waals surface area contributed by atoms with Crippen LogP contribution in [0.3, 0.4) is 0 Å². The molecule has 11 nitrogen and oxygen atoms in total. The van der Waals surface area contributed by atoms with E-state index in [1.165, 1.54) is 36.2 Å². The molecule has 184 valence electrons. The second-order valence-electron chi connectivity index (χ2n) is 9.17. The number of carbonyl (C=O) groups is 2. The molecule has 3 aromatic heterocycles. The zero-order valence-electron chi connectivity index (χ0n) is 20.2. The summed E-state index contributed by atoms with van der Waals surface area (Å²) >= 11 is 0. The molecule has 12 heteroatoms. The molecule has 0 unspecified atom stereocenters. The number of esters is 2. The summed E-state index contributed by atoms with van der Waals surface area (Å²) in [5.74, 6) is -1.04. The topological polar surface area (TPSA) is 135 Å². The predicted molar refractivity (Wildman–Crippen MR) is 127 cm³/mol. The van der Waals surface area contributed by atoms with Crippen molar-refractivity contribution in [3.8, 4) is 11.4 Å². The van der Waals surface area contributed by atoms with Crippen LogP contribution in [0.25, 0.3) is 33.5 Å². The number of aromatic nitrogens is 5. The van der Waals surface area contributed by atoms with E-state index < -0.39 is 27.2 Å². The zero-order valence-corrected chi connectivity index (χ0v) is 21.0. The summed E-state index contributed by atoms with van der Waals surface area (Å²) in [5, 5.41) is 5.08. The quantitative estimate of drug-likeness (QED) is 0.380. The molecular weight excluding hydrogens is 474 g/mol. The van der Waals surface area contributed by atoms with Crippen LogP contribution in [0.1, 0.15) is 31.1 Å². The van der Waals surface area contributed by atoms with Crippen LogP contribution in [0.15, 0.2) is 35.5 Å². The van der Waals surface area contributed by atoms with Crippen molar-refractivity contribution in [1.29, 1.82) is 0 Å². The van der Waals surface area contributed by atoms with Gasteiger partial charge in [-0.3, -0.25) is 14.0 Å². The van der Waals surface area contributed by atoms with Crippen LogP contribution in [0, 0.1) is 5.41 Å². The van der Waals surface area contributed by atoms with E-state index in [0.717, 1.165) is 6.26 Å². The Morgan fingerprint density at radius 2 is 1.89 bits per heavy atom. The third-order valence-corrected chi connectivity index (χ3v) is 6.52. The molecule has 0 spiro atoms. The number of ether oxygens (including phenoxy) is 2. The average Bonchev–Trinajstić information content (AvgIpc) is 3.32. The first kappa shape index (κ1) is 24.3. The van der Waals surface area contributed by atoms with Gasteiger partial charge in [0.05, 0.1) is 29.1 Å². The summed E-state index contributed by atoms with van der Waals surface area (Å²) in [6.07, 6.45) is 4.07. The standard InChI is InChI=1S/C23H25N5O6S/c1-23(2,3)22(30)34-12-28-11-15(21(29)33-5)19-20(28)24-10-16(25-19)18-14-9-13(35(6,31)32)7-8-17(14)27(4)26-18/h7-11H,12H2,1-6H3. The van der Waals surface area contributed by atoms with Crippen molar-refractivity contribution in [3.05, 3.63) is 36.2 Å². The minimum atomic E-state index is -3.44. The molecule has 3 heterocycles. The van der Waals surface area contributed by atoms with E-state index >= 15 is 0 Å². The number of carbonyl (C=O) groups excluding carboxylic acids is 2. The smallest absolute Gasteiger partial charge is 0.341 e. The number of methoxy groups -OCH3 is 1. The SMILES string of the molecule is COC(=O)c1cn(COC(=O)C(C)(C)C)c2ncc(-c3nn(C)c4ccc(S(C)(=O)=O)cc34)nc12. The Morgan fingerprint density at radius 3 is 2.51 bits per heavy atom. The predicted octanol–water partition coefficient (Wildman–Crippen LogP) is 2.72. The minimum absolute atomic E-state index is 0.140. The number of hydrogen-bond donors (Lipinski definition) is 0. The Hall–Kier alpha value is -3.80. The Balaban J connectivity index is 1.86. The van der Waals surface area contributed by atoms with E-state index in [2.05, 4.69) is 15.1 Å². The lowest BCUT2D eigenvalue weighted by Gasteiger charge is -2.16. The van der Waals surface area contributed by atoms with E-state index in [-0.39, 0.29) is 22.7 Å². The maximum absolute atomic E-state index is 12.5. The van der Waals surface area contributed by atoms with Crippen molar-refractivity contribution in [3.63, 3.8) is 0 Å². The summed E-state index contributed by atoms with van der Waals surface area (Å²) in [5.41, 5.74) is 1.44. The first-order valence-electron chi connectivity index (χ1n) is 10.6. The van der Waals surface area contributed by atoms with E-state index in [4.69, 9.17) is 9.47 Å². The molecule has 0 aliphatic carbocycles.